The van der Waals surface area contributed by atoms with Gasteiger partial charge in [0.15, 0.2) is 0 Å². The van der Waals surface area contributed by atoms with Crippen molar-refractivity contribution in [2.24, 2.45) is 0 Å². The maximum absolute atomic E-state index is 13.4. The Morgan fingerprint density at radius 3 is 2.81 bits per heavy atom. The van der Waals surface area contributed by atoms with Crippen LogP contribution in [0.1, 0.15) is 11.7 Å². The zero-order valence-corrected chi connectivity index (χ0v) is 9.71. The van der Waals surface area contributed by atoms with E-state index in [0.717, 1.165) is 6.07 Å². The van der Waals surface area contributed by atoms with Gasteiger partial charge in [-0.05, 0) is 12.1 Å². The highest BCUT2D eigenvalue weighted by molar-refractivity contribution is 6.30. The van der Waals surface area contributed by atoms with Gasteiger partial charge in [0.1, 0.15) is 11.9 Å². The Morgan fingerprint density at radius 1 is 1.44 bits per heavy atom. The third kappa shape index (κ3) is 4.06. The highest BCUT2D eigenvalue weighted by Crippen LogP contribution is 2.20. The molecule has 1 aromatic rings. The second kappa shape index (κ2) is 6.81. The molecule has 1 rings (SSSR count). The molecule has 0 aliphatic heterocycles. The number of hydrogen-bond donors (Lipinski definition) is 1. The lowest BCUT2D eigenvalue weighted by molar-refractivity contribution is 0.0114. The number of rotatable bonds is 6. The van der Waals surface area contributed by atoms with E-state index in [1.54, 1.807) is 7.11 Å². The number of aliphatic hydroxyl groups excluding tert-OH is 1. The number of benzene rings is 1. The first-order valence-electron chi connectivity index (χ1n) is 4.85. The maximum Gasteiger partial charge on any atom is 0.130 e. The highest BCUT2D eigenvalue weighted by Gasteiger charge is 2.13. The highest BCUT2D eigenvalue weighted by atomic mass is 35.5. The summed E-state index contributed by atoms with van der Waals surface area (Å²) < 4.78 is 23.2. The average Bonchev–Trinajstić information content (AvgIpc) is 2.24. The second-order valence-electron chi connectivity index (χ2n) is 3.25. The Labute approximate surface area is 98.7 Å². The normalized spacial score (nSPS) is 12.8. The van der Waals surface area contributed by atoms with Crippen molar-refractivity contribution in [1.82, 2.24) is 0 Å². The fourth-order valence-electron chi connectivity index (χ4n) is 1.20. The van der Waals surface area contributed by atoms with Crippen molar-refractivity contribution in [2.45, 2.75) is 6.10 Å². The van der Waals surface area contributed by atoms with Gasteiger partial charge >= 0.3 is 0 Å². The van der Waals surface area contributed by atoms with Gasteiger partial charge in [0.2, 0.25) is 0 Å². The third-order valence-corrected chi connectivity index (χ3v) is 2.26. The molecule has 0 aliphatic rings. The zero-order chi connectivity index (χ0) is 12.0. The minimum absolute atomic E-state index is 0.0297. The molecule has 0 aliphatic carbocycles. The van der Waals surface area contributed by atoms with E-state index < -0.39 is 11.9 Å². The number of ether oxygens (including phenoxy) is 2. The molecule has 0 spiro atoms. The first-order chi connectivity index (χ1) is 7.65. The van der Waals surface area contributed by atoms with Crippen molar-refractivity contribution >= 4 is 11.6 Å². The third-order valence-electron chi connectivity index (χ3n) is 2.03. The van der Waals surface area contributed by atoms with Gasteiger partial charge in [-0.1, -0.05) is 17.7 Å². The molecule has 0 bridgehead atoms. The fraction of sp³-hybridized carbons (Fsp3) is 0.455. The zero-order valence-electron chi connectivity index (χ0n) is 8.95. The lowest BCUT2D eigenvalue weighted by atomic mass is 10.1. The lowest BCUT2D eigenvalue weighted by Gasteiger charge is -2.12. The summed E-state index contributed by atoms with van der Waals surface area (Å²) in [4.78, 5) is 0. The Kier molecular flexibility index (Phi) is 5.69. The van der Waals surface area contributed by atoms with Crippen LogP contribution in [0.25, 0.3) is 0 Å². The van der Waals surface area contributed by atoms with Crippen LogP contribution in [0, 0.1) is 5.82 Å². The standard InChI is InChI=1S/C11H14ClFO3/c1-15-4-5-16-7-11(14)9-3-2-8(12)6-10(9)13/h2-3,6,11,14H,4-5,7H2,1H3. The maximum atomic E-state index is 13.4. The molecule has 1 atom stereocenters. The summed E-state index contributed by atoms with van der Waals surface area (Å²) in [6.45, 7) is 0.834. The fourth-order valence-corrected chi connectivity index (χ4v) is 1.36. The van der Waals surface area contributed by atoms with E-state index in [2.05, 4.69) is 0 Å². The van der Waals surface area contributed by atoms with Crippen LogP contribution in [0.2, 0.25) is 5.02 Å². The van der Waals surface area contributed by atoms with E-state index >= 15 is 0 Å². The van der Waals surface area contributed by atoms with E-state index in [1.165, 1.54) is 12.1 Å². The smallest absolute Gasteiger partial charge is 0.130 e. The Bertz CT molecular complexity index is 333. The topological polar surface area (TPSA) is 38.7 Å². The molecule has 0 saturated carbocycles. The van der Waals surface area contributed by atoms with Crippen molar-refractivity contribution in [3.8, 4) is 0 Å². The van der Waals surface area contributed by atoms with Crippen LogP contribution in [0.15, 0.2) is 18.2 Å². The molecule has 0 fully saturated rings. The number of halogens is 2. The van der Waals surface area contributed by atoms with Gasteiger partial charge in [-0.2, -0.15) is 0 Å². The minimum atomic E-state index is -0.992. The van der Waals surface area contributed by atoms with E-state index in [-0.39, 0.29) is 12.2 Å². The Hall–Kier alpha value is -0.680. The molecule has 1 aromatic carbocycles. The van der Waals surface area contributed by atoms with Crippen LogP contribution in [0.4, 0.5) is 4.39 Å². The van der Waals surface area contributed by atoms with Gasteiger partial charge in [-0.3, -0.25) is 0 Å². The molecule has 0 saturated heterocycles. The SMILES string of the molecule is COCCOCC(O)c1ccc(Cl)cc1F. The first kappa shape index (κ1) is 13.4. The van der Waals surface area contributed by atoms with Crippen LogP contribution in [-0.2, 0) is 9.47 Å². The van der Waals surface area contributed by atoms with Crippen LogP contribution < -0.4 is 0 Å². The van der Waals surface area contributed by atoms with Gasteiger partial charge in [-0.25, -0.2) is 4.39 Å². The van der Waals surface area contributed by atoms with E-state index in [0.29, 0.717) is 18.2 Å². The quantitative estimate of drug-likeness (QED) is 0.785. The van der Waals surface area contributed by atoms with E-state index in [9.17, 15) is 9.50 Å². The predicted molar refractivity (Wildman–Crippen MR) is 59.1 cm³/mol. The van der Waals surface area contributed by atoms with Crippen LogP contribution in [0.5, 0.6) is 0 Å². The predicted octanol–water partition coefficient (Wildman–Crippen LogP) is 2.18. The molecule has 0 radical (unpaired) electrons. The van der Waals surface area contributed by atoms with Gasteiger partial charge in [-0.15, -0.1) is 0 Å². The number of hydrogen-bond acceptors (Lipinski definition) is 3. The van der Waals surface area contributed by atoms with Gasteiger partial charge in [0, 0.05) is 17.7 Å². The van der Waals surface area contributed by atoms with Crippen LogP contribution in [0.3, 0.4) is 0 Å². The molecule has 1 N–H and O–H groups in total. The van der Waals surface area contributed by atoms with Crippen molar-refractivity contribution in [3.63, 3.8) is 0 Å². The number of aliphatic hydroxyl groups is 1. The van der Waals surface area contributed by atoms with Gasteiger partial charge < -0.3 is 14.6 Å². The largest absolute Gasteiger partial charge is 0.386 e. The first-order valence-corrected chi connectivity index (χ1v) is 5.22. The van der Waals surface area contributed by atoms with Gasteiger partial charge in [0.25, 0.3) is 0 Å². The molecule has 0 aromatic heterocycles. The molecule has 1 unspecified atom stereocenters. The molecule has 3 nitrogen and oxygen atoms in total. The van der Waals surface area contributed by atoms with Crippen molar-refractivity contribution < 1.29 is 19.0 Å². The lowest BCUT2D eigenvalue weighted by Crippen LogP contribution is -2.11. The monoisotopic (exact) mass is 248 g/mol. The molecule has 16 heavy (non-hydrogen) atoms. The summed E-state index contributed by atoms with van der Waals surface area (Å²) in [5.74, 6) is -0.532. The summed E-state index contributed by atoms with van der Waals surface area (Å²) in [5.41, 5.74) is 0.182. The van der Waals surface area contributed by atoms with E-state index in [1.807, 2.05) is 0 Å². The molecule has 5 heteroatoms. The molecular formula is C11H14ClFO3. The summed E-state index contributed by atoms with van der Waals surface area (Å²) in [6.07, 6.45) is -0.992. The van der Waals surface area contributed by atoms with Crippen molar-refractivity contribution in [2.75, 3.05) is 26.9 Å². The van der Waals surface area contributed by atoms with Crippen LogP contribution >= 0.6 is 11.6 Å². The summed E-state index contributed by atoms with van der Waals surface area (Å²) in [5, 5.41) is 9.94. The van der Waals surface area contributed by atoms with Gasteiger partial charge in [0.05, 0.1) is 19.8 Å². The molecule has 90 valence electrons. The molecule has 0 amide bonds. The average molecular weight is 249 g/mol. The summed E-state index contributed by atoms with van der Waals surface area (Å²) in [7, 11) is 1.55. The van der Waals surface area contributed by atoms with E-state index in [4.69, 9.17) is 21.1 Å². The Balaban J connectivity index is 2.49. The minimum Gasteiger partial charge on any atom is -0.386 e. The second-order valence-corrected chi connectivity index (χ2v) is 3.69. The van der Waals surface area contributed by atoms with Crippen molar-refractivity contribution in [3.05, 3.63) is 34.6 Å². The molecule has 0 heterocycles. The van der Waals surface area contributed by atoms with Crippen LogP contribution in [-0.4, -0.2) is 32.0 Å². The summed E-state index contributed by atoms with van der Waals surface area (Å²) in [6, 6.07) is 4.13. The summed E-state index contributed by atoms with van der Waals surface area (Å²) >= 11 is 5.60. The molecular weight excluding hydrogens is 235 g/mol. The van der Waals surface area contributed by atoms with Crippen molar-refractivity contribution in [1.29, 1.82) is 0 Å². The number of methoxy groups -OCH3 is 1. The Morgan fingerprint density at radius 2 is 2.19 bits per heavy atom.